The van der Waals surface area contributed by atoms with Crippen LogP contribution in [0.2, 0.25) is 19.6 Å². The summed E-state index contributed by atoms with van der Waals surface area (Å²) in [7, 11) is -1.30. The number of nitro benzene ring substituents is 1. The Morgan fingerprint density at radius 2 is 2.00 bits per heavy atom. The Hall–Kier alpha value is -1.36. The maximum absolute atomic E-state index is 10.7. The fourth-order valence-corrected chi connectivity index (χ4v) is 1.84. The summed E-state index contributed by atoms with van der Waals surface area (Å²) in [6.45, 7) is 8.30. The molecule has 0 aromatic heterocycles. The zero-order valence-electron chi connectivity index (χ0n) is 10.1. The lowest BCUT2D eigenvalue weighted by Gasteiger charge is -2.17. The first-order valence-electron chi connectivity index (χ1n) is 5.18. The first-order valence-corrected chi connectivity index (χ1v) is 8.89. The summed E-state index contributed by atoms with van der Waals surface area (Å²) in [6, 6.07) is 4.93. The van der Waals surface area contributed by atoms with E-state index in [1.807, 2.05) is 0 Å². The zero-order valence-corrected chi connectivity index (χ0v) is 11.1. The van der Waals surface area contributed by atoms with Crippen LogP contribution in [0.5, 0.6) is 5.75 Å². The van der Waals surface area contributed by atoms with Crippen LogP contribution >= 0.6 is 0 Å². The monoisotopic (exact) mass is 239 g/mol. The average molecular weight is 239 g/mol. The van der Waals surface area contributed by atoms with Gasteiger partial charge in [0.15, 0.2) is 0 Å². The van der Waals surface area contributed by atoms with Crippen molar-refractivity contribution in [3.05, 3.63) is 33.9 Å². The molecule has 0 unspecified atom stereocenters. The van der Waals surface area contributed by atoms with Gasteiger partial charge in [-0.1, -0.05) is 25.7 Å². The lowest BCUT2D eigenvalue weighted by atomic mass is 10.2. The second-order valence-corrected chi connectivity index (χ2v) is 10.4. The van der Waals surface area contributed by atoms with Gasteiger partial charge in [-0.2, -0.15) is 0 Å². The van der Waals surface area contributed by atoms with Crippen LogP contribution in [-0.2, 0) is 0 Å². The summed E-state index contributed by atoms with van der Waals surface area (Å²) in [5.41, 5.74) is 0.721. The van der Waals surface area contributed by atoms with Crippen LogP contribution < -0.4 is 4.74 Å². The van der Waals surface area contributed by atoms with E-state index in [9.17, 15) is 10.1 Å². The SMILES string of the molecule is Cc1c(OC[Si](C)(C)C)cccc1[N+](=O)[O-]. The van der Waals surface area contributed by atoms with Gasteiger partial charge in [-0.05, 0) is 13.0 Å². The molecule has 0 N–H and O–H groups in total. The van der Waals surface area contributed by atoms with Crippen molar-refractivity contribution < 1.29 is 9.66 Å². The third-order valence-corrected chi connectivity index (χ3v) is 3.12. The van der Waals surface area contributed by atoms with Crippen molar-refractivity contribution in [2.75, 3.05) is 6.23 Å². The normalized spacial score (nSPS) is 11.2. The Morgan fingerprint density at radius 1 is 1.38 bits per heavy atom. The fraction of sp³-hybridized carbons (Fsp3) is 0.455. The lowest BCUT2D eigenvalue weighted by molar-refractivity contribution is -0.385. The van der Waals surface area contributed by atoms with Crippen molar-refractivity contribution in [2.24, 2.45) is 0 Å². The number of rotatable bonds is 4. The number of nitrogens with zero attached hydrogens (tertiary/aromatic N) is 1. The largest absolute Gasteiger partial charge is 0.497 e. The van der Waals surface area contributed by atoms with E-state index in [1.165, 1.54) is 6.07 Å². The molecule has 16 heavy (non-hydrogen) atoms. The molecule has 0 radical (unpaired) electrons. The molecule has 0 heterocycles. The molecule has 0 spiro atoms. The number of benzene rings is 1. The molecule has 1 aromatic carbocycles. The minimum Gasteiger partial charge on any atom is -0.497 e. The first-order chi connectivity index (χ1) is 7.31. The minimum atomic E-state index is -1.30. The van der Waals surface area contributed by atoms with Crippen LogP contribution in [-0.4, -0.2) is 19.2 Å². The highest BCUT2D eigenvalue weighted by atomic mass is 28.3. The number of hydrogen-bond donors (Lipinski definition) is 0. The summed E-state index contributed by atoms with van der Waals surface area (Å²) >= 11 is 0. The smallest absolute Gasteiger partial charge is 0.276 e. The van der Waals surface area contributed by atoms with Crippen LogP contribution in [0.4, 0.5) is 5.69 Å². The Kier molecular flexibility index (Phi) is 3.69. The highest BCUT2D eigenvalue weighted by Gasteiger charge is 2.18. The molecule has 0 bridgehead atoms. The molecule has 0 saturated carbocycles. The summed E-state index contributed by atoms with van der Waals surface area (Å²) in [4.78, 5) is 10.4. The molecule has 0 amide bonds. The van der Waals surface area contributed by atoms with Crippen LogP contribution in [0.1, 0.15) is 5.56 Å². The van der Waals surface area contributed by atoms with Gasteiger partial charge in [0.2, 0.25) is 0 Å². The quantitative estimate of drug-likeness (QED) is 0.460. The topological polar surface area (TPSA) is 52.4 Å². The molecule has 0 saturated heterocycles. The standard InChI is InChI=1S/C11H17NO3Si/c1-9-10(12(13)14)6-5-7-11(9)15-8-16(2,3)4/h5-7H,8H2,1-4H3. The van der Waals surface area contributed by atoms with E-state index in [2.05, 4.69) is 19.6 Å². The number of hydrogen-bond acceptors (Lipinski definition) is 3. The molecule has 88 valence electrons. The van der Waals surface area contributed by atoms with E-state index >= 15 is 0 Å². The van der Waals surface area contributed by atoms with Crippen molar-refractivity contribution in [2.45, 2.75) is 26.6 Å². The highest BCUT2D eigenvalue weighted by Crippen LogP contribution is 2.27. The van der Waals surface area contributed by atoms with Gasteiger partial charge in [0, 0.05) is 6.07 Å². The summed E-state index contributed by atoms with van der Waals surface area (Å²) in [6.07, 6.45) is 0.676. The molecule has 4 nitrogen and oxygen atoms in total. The van der Waals surface area contributed by atoms with Gasteiger partial charge in [0.25, 0.3) is 5.69 Å². The summed E-state index contributed by atoms with van der Waals surface area (Å²) < 4.78 is 5.65. The van der Waals surface area contributed by atoms with Crippen molar-refractivity contribution in [3.8, 4) is 5.75 Å². The van der Waals surface area contributed by atoms with Crippen molar-refractivity contribution in [3.63, 3.8) is 0 Å². The Labute approximate surface area is 96.4 Å². The zero-order chi connectivity index (χ0) is 12.3. The van der Waals surface area contributed by atoms with Gasteiger partial charge in [-0.3, -0.25) is 10.1 Å². The average Bonchev–Trinajstić information content (AvgIpc) is 2.14. The van der Waals surface area contributed by atoms with E-state index in [4.69, 9.17) is 4.74 Å². The van der Waals surface area contributed by atoms with Gasteiger partial charge in [0.1, 0.15) is 5.75 Å². The molecule has 1 rings (SSSR count). The summed E-state index contributed by atoms with van der Waals surface area (Å²) in [5, 5.41) is 10.7. The molecular formula is C11H17NO3Si. The maximum atomic E-state index is 10.7. The van der Waals surface area contributed by atoms with Gasteiger partial charge in [0.05, 0.1) is 24.8 Å². The van der Waals surface area contributed by atoms with Crippen LogP contribution in [0.3, 0.4) is 0 Å². The molecule has 0 atom stereocenters. The van der Waals surface area contributed by atoms with Crippen molar-refractivity contribution >= 4 is 13.8 Å². The number of ether oxygens (including phenoxy) is 1. The molecule has 0 aliphatic rings. The van der Waals surface area contributed by atoms with Gasteiger partial charge < -0.3 is 4.74 Å². The molecule has 0 aliphatic carbocycles. The molecule has 5 heteroatoms. The highest BCUT2D eigenvalue weighted by molar-refractivity contribution is 6.76. The van der Waals surface area contributed by atoms with Crippen molar-refractivity contribution in [1.29, 1.82) is 0 Å². The van der Waals surface area contributed by atoms with Crippen LogP contribution in [0.15, 0.2) is 18.2 Å². The van der Waals surface area contributed by atoms with E-state index in [1.54, 1.807) is 19.1 Å². The predicted octanol–water partition coefficient (Wildman–Crippen LogP) is 3.16. The predicted molar refractivity (Wildman–Crippen MR) is 66.7 cm³/mol. The summed E-state index contributed by atoms with van der Waals surface area (Å²) in [5.74, 6) is 0.622. The Balaban J connectivity index is 2.90. The Bertz CT molecular complexity index is 399. The molecule has 0 aliphatic heterocycles. The fourth-order valence-electron chi connectivity index (χ4n) is 1.25. The van der Waals surface area contributed by atoms with E-state index in [0.29, 0.717) is 17.5 Å². The Morgan fingerprint density at radius 3 is 2.50 bits per heavy atom. The molecule has 1 aromatic rings. The molecular weight excluding hydrogens is 222 g/mol. The van der Waals surface area contributed by atoms with E-state index < -0.39 is 8.07 Å². The lowest BCUT2D eigenvalue weighted by Crippen LogP contribution is -2.30. The third-order valence-electron chi connectivity index (χ3n) is 2.11. The number of nitro groups is 1. The van der Waals surface area contributed by atoms with Gasteiger partial charge in [-0.15, -0.1) is 0 Å². The van der Waals surface area contributed by atoms with Gasteiger partial charge >= 0.3 is 0 Å². The van der Waals surface area contributed by atoms with E-state index in [0.717, 1.165) is 0 Å². The minimum absolute atomic E-state index is 0.119. The van der Waals surface area contributed by atoms with Crippen LogP contribution in [0.25, 0.3) is 0 Å². The maximum Gasteiger partial charge on any atom is 0.276 e. The second kappa shape index (κ2) is 4.65. The van der Waals surface area contributed by atoms with Crippen LogP contribution in [0, 0.1) is 17.0 Å². The molecule has 0 fully saturated rings. The first kappa shape index (κ1) is 12.7. The van der Waals surface area contributed by atoms with Crippen molar-refractivity contribution in [1.82, 2.24) is 0 Å². The third kappa shape index (κ3) is 3.34. The second-order valence-electron chi connectivity index (χ2n) is 5.01. The van der Waals surface area contributed by atoms with E-state index in [-0.39, 0.29) is 10.6 Å². The van der Waals surface area contributed by atoms with Gasteiger partial charge in [-0.25, -0.2) is 0 Å².